The molecule has 0 radical (unpaired) electrons. The second-order valence-electron chi connectivity index (χ2n) is 4.31. The first-order valence-electron chi connectivity index (χ1n) is 5.09. The summed E-state index contributed by atoms with van der Waals surface area (Å²) in [5.74, 6) is 1.27. The van der Waals surface area contributed by atoms with E-state index < -0.39 is 0 Å². The summed E-state index contributed by atoms with van der Waals surface area (Å²) in [5, 5.41) is 12.9. The molecule has 0 aromatic heterocycles. The van der Waals surface area contributed by atoms with Gasteiger partial charge in [0.05, 0.1) is 6.10 Å². The van der Waals surface area contributed by atoms with Gasteiger partial charge in [-0.3, -0.25) is 0 Å². The summed E-state index contributed by atoms with van der Waals surface area (Å²) in [7, 11) is 0. The van der Waals surface area contributed by atoms with Crippen LogP contribution in [-0.2, 0) is 0 Å². The average Bonchev–Trinajstić information content (AvgIpc) is 1.81. The molecule has 0 aromatic carbocycles. The first-order chi connectivity index (χ1) is 5.70. The summed E-state index contributed by atoms with van der Waals surface area (Å²) < 4.78 is 0. The first-order valence-corrected chi connectivity index (χ1v) is 5.09. The highest BCUT2D eigenvalue weighted by atomic mass is 16.3. The number of aliphatic hydroxyl groups is 1. The van der Waals surface area contributed by atoms with Gasteiger partial charge in [-0.2, -0.15) is 0 Å². The van der Waals surface area contributed by atoms with Crippen molar-refractivity contribution >= 4 is 0 Å². The zero-order valence-electron chi connectivity index (χ0n) is 8.21. The van der Waals surface area contributed by atoms with Gasteiger partial charge >= 0.3 is 0 Å². The SMILES string of the molecule is CC(C)CNCC(O)C1CCC1. The normalized spacial score (nSPS) is 21.0. The molecule has 1 aliphatic carbocycles. The third kappa shape index (κ3) is 3.11. The van der Waals surface area contributed by atoms with E-state index in [4.69, 9.17) is 0 Å². The van der Waals surface area contributed by atoms with E-state index in [1.807, 2.05) is 0 Å². The molecule has 1 rings (SSSR count). The lowest BCUT2D eigenvalue weighted by Gasteiger charge is -2.30. The van der Waals surface area contributed by atoms with Gasteiger partial charge in [-0.05, 0) is 31.2 Å². The summed E-state index contributed by atoms with van der Waals surface area (Å²) >= 11 is 0. The molecule has 1 fully saturated rings. The van der Waals surface area contributed by atoms with Gasteiger partial charge in [0, 0.05) is 6.54 Å². The van der Waals surface area contributed by atoms with Crippen molar-refractivity contribution in [1.82, 2.24) is 5.32 Å². The molecule has 1 unspecified atom stereocenters. The van der Waals surface area contributed by atoms with E-state index in [1.165, 1.54) is 19.3 Å². The number of nitrogens with one attached hydrogen (secondary N) is 1. The highest BCUT2D eigenvalue weighted by molar-refractivity contribution is 4.78. The highest BCUT2D eigenvalue weighted by Gasteiger charge is 2.24. The summed E-state index contributed by atoms with van der Waals surface area (Å²) in [6, 6.07) is 0. The maximum absolute atomic E-state index is 9.62. The van der Waals surface area contributed by atoms with Crippen molar-refractivity contribution in [3.05, 3.63) is 0 Å². The molecule has 2 heteroatoms. The molecule has 0 aliphatic heterocycles. The Kier molecular flexibility index (Phi) is 4.02. The zero-order valence-corrected chi connectivity index (χ0v) is 8.21. The first kappa shape index (κ1) is 10.0. The van der Waals surface area contributed by atoms with Crippen LogP contribution in [0.5, 0.6) is 0 Å². The Labute approximate surface area is 75.4 Å². The van der Waals surface area contributed by atoms with Crippen LogP contribution in [0.15, 0.2) is 0 Å². The molecule has 0 spiro atoms. The highest BCUT2D eigenvalue weighted by Crippen LogP contribution is 2.29. The van der Waals surface area contributed by atoms with Crippen LogP contribution in [0, 0.1) is 11.8 Å². The van der Waals surface area contributed by atoms with E-state index in [9.17, 15) is 5.11 Å². The quantitative estimate of drug-likeness (QED) is 0.655. The van der Waals surface area contributed by atoms with Gasteiger partial charge in [0.2, 0.25) is 0 Å². The van der Waals surface area contributed by atoms with Gasteiger partial charge in [-0.15, -0.1) is 0 Å². The number of aliphatic hydroxyl groups excluding tert-OH is 1. The Morgan fingerprint density at radius 2 is 2.00 bits per heavy atom. The van der Waals surface area contributed by atoms with Gasteiger partial charge in [0.15, 0.2) is 0 Å². The summed E-state index contributed by atoms with van der Waals surface area (Å²) in [5.41, 5.74) is 0. The average molecular weight is 171 g/mol. The van der Waals surface area contributed by atoms with Crippen LogP contribution in [0.2, 0.25) is 0 Å². The number of hydrogen-bond acceptors (Lipinski definition) is 2. The van der Waals surface area contributed by atoms with Crippen molar-refractivity contribution < 1.29 is 5.11 Å². The fourth-order valence-corrected chi connectivity index (χ4v) is 1.51. The third-order valence-corrected chi connectivity index (χ3v) is 2.60. The molecule has 72 valence electrons. The molecule has 0 heterocycles. The largest absolute Gasteiger partial charge is 0.392 e. The Morgan fingerprint density at radius 3 is 2.42 bits per heavy atom. The van der Waals surface area contributed by atoms with E-state index in [0.29, 0.717) is 11.8 Å². The van der Waals surface area contributed by atoms with Gasteiger partial charge in [0.25, 0.3) is 0 Å². The lowest BCUT2D eigenvalue weighted by atomic mass is 9.81. The van der Waals surface area contributed by atoms with Crippen molar-refractivity contribution in [1.29, 1.82) is 0 Å². The van der Waals surface area contributed by atoms with E-state index in [0.717, 1.165) is 13.1 Å². The van der Waals surface area contributed by atoms with Crippen LogP contribution in [0.3, 0.4) is 0 Å². The Balaban J connectivity index is 1.98. The van der Waals surface area contributed by atoms with Crippen molar-refractivity contribution in [2.24, 2.45) is 11.8 Å². The molecule has 1 saturated carbocycles. The molecule has 0 aromatic rings. The molecule has 0 amide bonds. The minimum absolute atomic E-state index is 0.0995. The fraction of sp³-hybridized carbons (Fsp3) is 1.00. The van der Waals surface area contributed by atoms with Crippen LogP contribution in [0.25, 0.3) is 0 Å². The van der Waals surface area contributed by atoms with Crippen molar-refractivity contribution in [2.45, 2.75) is 39.2 Å². The topological polar surface area (TPSA) is 32.3 Å². The predicted molar refractivity (Wildman–Crippen MR) is 51.1 cm³/mol. The van der Waals surface area contributed by atoms with Gasteiger partial charge in [-0.25, -0.2) is 0 Å². The van der Waals surface area contributed by atoms with Gasteiger partial charge < -0.3 is 10.4 Å². The van der Waals surface area contributed by atoms with Crippen molar-refractivity contribution in [2.75, 3.05) is 13.1 Å². The van der Waals surface area contributed by atoms with Gasteiger partial charge in [-0.1, -0.05) is 20.3 Å². The lowest BCUT2D eigenvalue weighted by molar-refractivity contribution is 0.0620. The maximum atomic E-state index is 9.62. The van der Waals surface area contributed by atoms with Crippen LogP contribution in [-0.4, -0.2) is 24.3 Å². The number of rotatable bonds is 5. The molecule has 2 N–H and O–H groups in total. The Hall–Kier alpha value is -0.0800. The molecule has 0 bridgehead atoms. The molecular weight excluding hydrogens is 150 g/mol. The van der Waals surface area contributed by atoms with Crippen LogP contribution in [0.4, 0.5) is 0 Å². The van der Waals surface area contributed by atoms with E-state index in [1.54, 1.807) is 0 Å². The number of hydrogen-bond donors (Lipinski definition) is 2. The van der Waals surface area contributed by atoms with Crippen LogP contribution in [0.1, 0.15) is 33.1 Å². The Bertz CT molecular complexity index is 121. The van der Waals surface area contributed by atoms with E-state index in [2.05, 4.69) is 19.2 Å². The molecule has 1 aliphatic rings. The summed E-state index contributed by atoms with van der Waals surface area (Å²) in [6.45, 7) is 6.16. The van der Waals surface area contributed by atoms with Crippen LogP contribution < -0.4 is 5.32 Å². The van der Waals surface area contributed by atoms with Crippen molar-refractivity contribution in [3.63, 3.8) is 0 Å². The van der Waals surface area contributed by atoms with E-state index >= 15 is 0 Å². The summed E-state index contributed by atoms with van der Waals surface area (Å²) in [4.78, 5) is 0. The molecular formula is C10H21NO. The monoisotopic (exact) mass is 171 g/mol. The predicted octanol–water partition coefficient (Wildman–Crippen LogP) is 1.39. The molecule has 0 saturated heterocycles. The minimum atomic E-state index is -0.0995. The zero-order chi connectivity index (χ0) is 8.97. The summed E-state index contributed by atoms with van der Waals surface area (Å²) in [6.07, 6.45) is 3.67. The standard InChI is InChI=1S/C10H21NO/c1-8(2)6-11-7-10(12)9-4-3-5-9/h8-12H,3-7H2,1-2H3. The third-order valence-electron chi connectivity index (χ3n) is 2.60. The maximum Gasteiger partial charge on any atom is 0.0692 e. The van der Waals surface area contributed by atoms with E-state index in [-0.39, 0.29) is 6.10 Å². The van der Waals surface area contributed by atoms with Crippen molar-refractivity contribution in [3.8, 4) is 0 Å². The van der Waals surface area contributed by atoms with Crippen LogP contribution >= 0.6 is 0 Å². The Morgan fingerprint density at radius 1 is 1.33 bits per heavy atom. The fourth-order valence-electron chi connectivity index (χ4n) is 1.51. The second-order valence-corrected chi connectivity index (χ2v) is 4.31. The lowest BCUT2D eigenvalue weighted by Crippen LogP contribution is -2.37. The molecule has 12 heavy (non-hydrogen) atoms. The molecule has 2 nitrogen and oxygen atoms in total. The molecule has 1 atom stereocenters. The second kappa shape index (κ2) is 4.83. The smallest absolute Gasteiger partial charge is 0.0692 e. The van der Waals surface area contributed by atoms with Gasteiger partial charge in [0.1, 0.15) is 0 Å². The minimum Gasteiger partial charge on any atom is -0.392 e.